The summed E-state index contributed by atoms with van der Waals surface area (Å²) in [6.45, 7) is 0.601. The van der Waals surface area contributed by atoms with Gasteiger partial charge in [-0.25, -0.2) is 0 Å². The molecule has 3 rings (SSSR count). The third-order valence-electron chi connectivity index (χ3n) is 2.72. The normalized spacial score (nSPS) is 19.4. The molecule has 2 aromatic carbocycles. The van der Waals surface area contributed by atoms with Gasteiger partial charge in [0, 0.05) is 5.56 Å². The zero-order valence-corrected chi connectivity index (χ0v) is 7.73. The Labute approximate surface area is 82.3 Å². The van der Waals surface area contributed by atoms with Gasteiger partial charge in [-0.05, 0) is 16.8 Å². The van der Waals surface area contributed by atoms with E-state index in [0.29, 0.717) is 6.61 Å². The fourth-order valence-electron chi connectivity index (χ4n) is 2.05. The first-order valence-electron chi connectivity index (χ1n) is 4.76. The average Bonchev–Trinajstić information content (AvgIpc) is 2.61. The molecule has 0 aromatic heterocycles. The van der Waals surface area contributed by atoms with Crippen LogP contribution < -0.4 is 10.5 Å². The number of nitrogens with two attached hydrogens (primary N) is 1. The number of benzene rings is 2. The van der Waals surface area contributed by atoms with Crippen LogP contribution in [0.3, 0.4) is 0 Å². The van der Waals surface area contributed by atoms with Crippen molar-refractivity contribution in [2.24, 2.45) is 5.73 Å². The molecule has 0 spiro atoms. The highest BCUT2D eigenvalue weighted by molar-refractivity contribution is 5.88. The fourth-order valence-corrected chi connectivity index (χ4v) is 2.05. The van der Waals surface area contributed by atoms with Crippen molar-refractivity contribution in [1.82, 2.24) is 0 Å². The highest BCUT2D eigenvalue weighted by Crippen LogP contribution is 2.36. The van der Waals surface area contributed by atoms with Crippen LogP contribution in [0.2, 0.25) is 0 Å². The zero-order valence-electron chi connectivity index (χ0n) is 7.73. The molecule has 1 aliphatic rings. The molecule has 0 unspecified atom stereocenters. The Kier molecular flexibility index (Phi) is 1.52. The molecule has 2 heteroatoms. The molecular weight excluding hydrogens is 174 g/mol. The molecule has 0 saturated carbocycles. The highest BCUT2D eigenvalue weighted by atomic mass is 16.5. The molecule has 0 bridgehead atoms. The van der Waals surface area contributed by atoms with Crippen molar-refractivity contribution in [3.05, 3.63) is 42.0 Å². The van der Waals surface area contributed by atoms with Gasteiger partial charge >= 0.3 is 0 Å². The molecule has 70 valence electrons. The Balaban J connectivity index is 2.41. The third-order valence-corrected chi connectivity index (χ3v) is 2.72. The van der Waals surface area contributed by atoms with Crippen molar-refractivity contribution in [3.8, 4) is 5.75 Å². The molecule has 0 fully saturated rings. The molecule has 0 radical (unpaired) electrons. The van der Waals surface area contributed by atoms with Crippen molar-refractivity contribution in [1.29, 1.82) is 0 Å². The summed E-state index contributed by atoms with van der Waals surface area (Å²) in [5.74, 6) is 0.941. The van der Waals surface area contributed by atoms with Gasteiger partial charge in [0.05, 0.1) is 6.04 Å². The molecular formula is C12H11NO. The van der Waals surface area contributed by atoms with Crippen LogP contribution in [-0.4, -0.2) is 6.61 Å². The molecule has 1 aliphatic heterocycles. The molecule has 0 amide bonds. The molecule has 2 aromatic rings. The van der Waals surface area contributed by atoms with Crippen LogP contribution in [0.1, 0.15) is 11.6 Å². The Morgan fingerprint density at radius 1 is 1.14 bits per heavy atom. The second kappa shape index (κ2) is 2.72. The molecule has 14 heavy (non-hydrogen) atoms. The lowest BCUT2D eigenvalue weighted by molar-refractivity contribution is 0.333. The van der Waals surface area contributed by atoms with E-state index in [-0.39, 0.29) is 6.04 Å². The van der Waals surface area contributed by atoms with E-state index in [1.54, 1.807) is 0 Å². The van der Waals surface area contributed by atoms with Crippen molar-refractivity contribution in [2.45, 2.75) is 6.04 Å². The van der Waals surface area contributed by atoms with Crippen LogP contribution in [0.5, 0.6) is 5.75 Å². The molecule has 0 saturated heterocycles. The Morgan fingerprint density at radius 2 is 2.00 bits per heavy atom. The second-order valence-corrected chi connectivity index (χ2v) is 3.62. The second-order valence-electron chi connectivity index (χ2n) is 3.62. The monoisotopic (exact) mass is 185 g/mol. The first kappa shape index (κ1) is 7.83. The maximum absolute atomic E-state index is 5.99. The van der Waals surface area contributed by atoms with Gasteiger partial charge in [0.25, 0.3) is 0 Å². The van der Waals surface area contributed by atoms with E-state index in [1.807, 2.05) is 18.2 Å². The van der Waals surface area contributed by atoms with E-state index in [1.165, 1.54) is 10.8 Å². The van der Waals surface area contributed by atoms with Gasteiger partial charge in [0.2, 0.25) is 0 Å². The molecule has 2 N–H and O–H groups in total. The Bertz CT molecular complexity index is 493. The first-order valence-corrected chi connectivity index (χ1v) is 4.76. The predicted molar refractivity (Wildman–Crippen MR) is 56.4 cm³/mol. The number of rotatable bonds is 0. The van der Waals surface area contributed by atoms with E-state index in [9.17, 15) is 0 Å². The molecule has 1 heterocycles. The summed E-state index contributed by atoms with van der Waals surface area (Å²) >= 11 is 0. The predicted octanol–water partition coefficient (Wildman–Crippen LogP) is 2.23. The summed E-state index contributed by atoms with van der Waals surface area (Å²) in [6.07, 6.45) is 0. The lowest BCUT2D eigenvalue weighted by Crippen LogP contribution is -2.11. The van der Waals surface area contributed by atoms with E-state index >= 15 is 0 Å². The van der Waals surface area contributed by atoms with Crippen LogP contribution >= 0.6 is 0 Å². The summed E-state index contributed by atoms with van der Waals surface area (Å²) in [6, 6.07) is 12.4. The van der Waals surface area contributed by atoms with Crippen LogP contribution in [0.4, 0.5) is 0 Å². The average molecular weight is 185 g/mol. The summed E-state index contributed by atoms with van der Waals surface area (Å²) in [7, 11) is 0. The van der Waals surface area contributed by atoms with E-state index < -0.39 is 0 Å². The molecule has 0 aliphatic carbocycles. The number of ether oxygens (including phenoxy) is 1. The minimum absolute atomic E-state index is 0.0242. The number of fused-ring (bicyclic) bond motifs is 3. The van der Waals surface area contributed by atoms with Crippen molar-refractivity contribution in [3.63, 3.8) is 0 Å². The van der Waals surface area contributed by atoms with Gasteiger partial charge in [0.15, 0.2) is 0 Å². The summed E-state index contributed by atoms with van der Waals surface area (Å²) in [5, 5.41) is 2.45. The number of hydrogen-bond acceptors (Lipinski definition) is 2. The van der Waals surface area contributed by atoms with E-state index in [2.05, 4.69) is 18.2 Å². The maximum atomic E-state index is 5.99. The van der Waals surface area contributed by atoms with Gasteiger partial charge in [0.1, 0.15) is 12.4 Å². The molecule has 1 atom stereocenters. The largest absolute Gasteiger partial charge is 0.491 e. The lowest BCUT2D eigenvalue weighted by Gasteiger charge is -2.05. The van der Waals surface area contributed by atoms with Crippen molar-refractivity contribution < 1.29 is 4.74 Å². The standard InChI is InChI=1S/C12H11NO/c13-10-7-14-11-6-5-8-3-1-2-4-9(8)12(10)11/h1-6,10H,7,13H2/t10-/m1/s1. The quantitative estimate of drug-likeness (QED) is 0.683. The minimum Gasteiger partial charge on any atom is -0.491 e. The van der Waals surface area contributed by atoms with Gasteiger partial charge in [-0.1, -0.05) is 30.3 Å². The minimum atomic E-state index is 0.0242. The van der Waals surface area contributed by atoms with Gasteiger partial charge < -0.3 is 10.5 Å². The topological polar surface area (TPSA) is 35.2 Å². The van der Waals surface area contributed by atoms with Crippen LogP contribution in [0.25, 0.3) is 10.8 Å². The zero-order chi connectivity index (χ0) is 9.54. The van der Waals surface area contributed by atoms with Crippen molar-refractivity contribution in [2.75, 3.05) is 6.61 Å². The van der Waals surface area contributed by atoms with Crippen molar-refractivity contribution >= 4 is 10.8 Å². The first-order chi connectivity index (χ1) is 6.86. The maximum Gasteiger partial charge on any atom is 0.124 e. The lowest BCUT2D eigenvalue weighted by atomic mass is 10.0. The SMILES string of the molecule is N[C@@H]1COc2ccc3ccccc3c21. The fraction of sp³-hybridized carbons (Fsp3) is 0.167. The Hall–Kier alpha value is -1.54. The van der Waals surface area contributed by atoms with E-state index in [0.717, 1.165) is 11.3 Å². The number of hydrogen-bond donors (Lipinski definition) is 1. The van der Waals surface area contributed by atoms with Gasteiger partial charge in [-0.15, -0.1) is 0 Å². The van der Waals surface area contributed by atoms with Gasteiger partial charge in [-0.3, -0.25) is 0 Å². The molecule has 2 nitrogen and oxygen atoms in total. The third kappa shape index (κ3) is 0.946. The van der Waals surface area contributed by atoms with Gasteiger partial charge in [-0.2, -0.15) is 0 Å². The van der Waals surface area contributed by atoms with Crippen LogP contribution in [-0.2, 0) is 0 Å². The highest BCUT2D eigenvalue weighted by Gasteiger charge is 2.22. The summed E-state index contributed by atoms with van der Waals surface area (Å²) in [5.41, 5.74) is 7.14. The summed E-state index contributed by atoms with van der Waals surface area (Å²) in [4.78, 5) is 0. The van der Waals surface area contributed by atoms with Crippen LogP contribution in [0.15, 0.2) is 36.4 Å². The van der Waals surface area contributed by atoms with E-state index in [4.69, 9.17) is 10.5 Å². The smallest absolute Gasteiger partial charge is 0.124 e. The Morgan fingerprint density at radius 3 is 2.93 bits per heavy atom. The summed E-state index contributed by atoms with van der Waals surface area (Å²) < 4.78 is 5.49. The van der Waals surface area contributed by atoms with Crippen LogP contribution in [0, 0.1) is 0 Å².